The topological polar surface area (TPSA) is 49.7 Å². The lowest BCUT2D eigenvalue weighted by atomic mass is 10.3. The Morgan fingerprint density at radius 2 is 2.13 bits per heavy atom. The molecule has 1 aliphatic heterocycles. The van der Waals surface area contributed by atoms with Gasteiger partial charge in [0.25, 0.3) is 10.0 Å². The highest BCUT2D eigenvalue weighted by Crippen LogP contribution is 2.29. The van der Waals surface area contributed by atoms with Gasteiger partial charge in [0.05, 0.1) is 12.2 Å². The Morgan fingerprint density at radius 3 is 2.87 bits per heavy atom. The molecule has 1 heterocycles. The van der Waals surface area contributed by atoms with E-state index >= 15 is 0 Å². The van der Waals surface area contributed by atoms with Crippen LogP contribution in [0.2, 0.25) is 0 Å². The third-order valence-electron chi connectivity index (χ3n) is 2.02. The first-order chi connectivity index (χ1) is 7.16. The molecule has 0 fully saturated rings. The number of nitrogens with zero attached hydrogens (tertiary/aromatic N) is 2. The molecule has 1 aliphatic rings. The van der Waals surface area contributed by atoms with E-state index < -0.39 is 10.0 Å². The summed E-state index contributed by atoms with van der Waals surface area (Å²) in [4.78, 5) is 4.21. The smallest absolute Gasteiger partial charge is 0.244 e. The van der Waals surface area contributed by atoms with Crippen LogP contribution >= 0.6 is 0 Å². The van der Waals surface area contributed by atoms with Crippen LogP contribution in [0.1, 0.15) is 0 Å². The van der Waals surface area contributed by atoms with Gasteiger partial charge in [-0.15, -0.1) is 6.42 Å². The zero-order chi connectivity index (χ0) is 10.9. The van der Waals surface area contributed by atoms with E-state index in [1.165, 1.54) is 12.4 Å². The number of hydrogen-bond acceptors (Lipinski definition) is 3. The average molecular weight is 220 g/mol. The number of rotatable bonds is 1. The number of sulfonamides is 1. The van der Waals surface area contributed by atoms with E-state index in [1.807, 2.05) is 0 Å². The molecule has 0 N–H and O–H groups in total. The molecule has 0 bridgehead atoms. The molecule has 5 heteroatoms. The lowest BCUT2D eigenvalue weighted by Gasteiger charge is -2.21. The van der Waals surface area contributed by atoms with Crippen molar-refractivity contribution in [3.05, 3.63) is 24.3 Å². The minimum atomic E-state index is -3.50. The molecule has 1 aromatic carbocycles. The van der Waals surface area contributed by atoms with Crippen molar-refractivity contribution in [3.63, 3.8) is 0 Å². The monoisotopic (exact) mass is 220 g/mol. The van der Waals surface area contributed by atoms with Crippen LogP contribution in [0, 0.1) is 12.3 Å². The van der Waals surface area contributed by atoms with Gasteiger partial charge in [-0.05, 0) is 12.1 Å². The Kier molecular flexibility index (Phi) is 2.21. The summed E-state index contributed by atoms with van der Waals surface area (Å²) < 4.78 is 24.9. The van der Waals surface area contributed by atoms with Crippen LogP contribution in [-0.4, -0.2) is 25.6 Å². The van der Waals surface area contributed by atoms with Gasteiger partial charge < -0.3 is 0 Å². The van der Waals surface area contributed by atoms with Crippen molar-refractivity contribution < 1.29 is 8.42 Å². The van der Waals surface area contributed by atoms with Gasteiger partial charge in [0.1, 0.15) is 11.2 Å². The van der Waals surface area contributed by atoms with Crippen molar-refractivity contribution in [2.75, 3.05) is 6.54 Å². The summed E-state index contributed by atoms with van der Waals surface area (Å²) in [6.45, 7) is 0.000166. The molecule has 15 heavy (non-hydrogen) atoms. The third kappa shape index (κ3) is 1.49. The van der Waals surface area contributed by atoms with E-state index in [9.17, 15) is 8.42 Å². The molecule has 0 radical (unpaired) electrons. The Balaban J connectivity index is 2.59. The molecule has 0 amide bonds. The molecule has 2 rings (SSSR count). The SMILES string of the molecule is C#CCN1C=Nc2ccccc2S1(=O)=O. The van der Waals surface area contributed by atoms with Crippen LogP contribution in [0.25, 0.3) is 0 Å². The minimum Gasteiger partial charge on any atom is -0.244 e. The van der Waals surface area contributed by atoms with E-state index in [0.717, 1.165) is 4.31 Å². The van der Waals surface area contributed by atoms with E-state index in [0.29, 0.717) is 5.69 Å². The summed E-state index contributed by atoms with van der Waals surface area (Å²) in [6.07, 6.45) is 6.33. The van der Waals surface area contributed by atoms with Gasteiger partial charge in [0.2, 0.25) is 0 Å². The maximum absolute atomic E-state index is 11.9. The molecule has 4 nitrogen and oxygen atoms in total. The fourth-order valence-corrected chi connectivity index (χ4v) is 2.62. The highest BCUT2D eigenvalue weighted by atomic mass is 32.2. The third-order valence-corrected chi connectivity index (χ3v) is 3.77. The number of aliphatic imine (C=N–C) groups is 1. The van der Waals surface area contributed by atoms with Crippen molar-refractivity contribution in [2.24, 2.45) is 4.99 Å². The molecule has 0 spiro atoms. The fourth-order valence-electron chi connectivity index (χ4n) is 1.31. The van der Waals surface area contributed by atoms with Crippen LogP contribution in [0.15, 0.2) is 34.2 Å². The van der Waals surface area contributed by atoms with Crippen molar-refractivity contribution >= 4 is 22.0 Å². The molecular weight excluding hydrogens is 212 g/mol. The van der Waals surface area contributed by atoms with Crippen molar-refractivity contribution in [3.8, 4) is 12.3 Å². The summed E-state index contributed by atoms with van der Waals surface area (Å²) in [5.41, 5.74) is 0.450. The minimum absolute atomic E-state index is 0.000166. The van der Waals surface area contributed by atoms with E-state index in [-0.39, 0.29) is 11.4 Å². The van der Waals surface area contributed by atoms with Crippen LogP contribution in [0.5, 0.6) is 0 Å². The lowest BCUT2D eigenvalue weighted by molar-refractivity contribution is 0.544. The summed E-state index contributed by atoms with van der Waals surface area (Å²) in [5, 5.41) is 0. The molecule has 0 atom stereocenters. The fraction of sp³-hybridized carbons (Fsp3) is 0.100. The van der Waals surface area contributed by atoms with Gasteiger partial charge in [0.15, 0.2) is 0 Å². The molecule has 0 saturated heterocycles. The molecule has 0 saturated carbocycles. The van der Waals surface area contributed by atoms with E-state index in [2.05, 4.69) is 10.9 Å². The molecule has 0 aromatic heterocycles. The molecule has 1 aromatic rings. The molecule has 0 unspecified atom stereocenters. The van der Waals surface area contributed by atoms with Crippen molar-refractivity contribution in [1.29, 1.82) is 0 Å². The van der Waals surface area contributed by atoms with E-state index in [4.69, 9.17) is 6.42 Å². The summed E-state index contributed by atoms with van der Waals surface area (Å²) in [5.74, 6) is 2.28. The van der Waals surface area contributed by atoms with Gasteiger partial charge in [0, 0.05) is 0 Å². The van der Waals surface area contributed by atoms with Crippen molar-refractivity contribution in [2.45, 2.75) is 4.90 Å². The first-order valence-corrected chi connectivity index (χ1v) is 5.69. The summed E-state index contributed by atoms with van der Waals surface area (Å²) >= 11 is 0. The van der Waals surface area contributed by atoms with Crippen LogP contribution < -0.4 is 0 Å². The van der Waals surface area contributed by atoms with Crippen LogP contribution in [0.4, 0.5) is 5.69 Å². The number of terminal acetylenes is 1. The van der Waals surface area contributed by atoms with Crippen LogP contribution in [0.3, 0.4) is 0 Å². The molecular formula is C10H8N2O2S. The number of benzene rings is 1. The van der Waals surface area contributed by atoms with Gasteiger partial charge in [-0.3, -0.25) is 0 Å². The number of para-hydroxylation sites is 1. The number of fused-ring (bicyclic) bond motifs is 1. The Labute approximate surface area is 88.3 Å². The first-order valence-electron chi connectivity index (χ1n) is 4.25. The maximum Gasteiger partial charge on any atom is 0.268 e. The van der Waals surface area contributed by atoms with Gasteiger partial charge in [-0.2, -0.15) is 0 Å². The Bertz CT molecular complexity index is 555. The summed E-state index contributed by atoms with van der Waals surface area (Å²) in [7, 11) is -3.50. The summed E-state index contributed by atoms with van der Waals surface area (Å²) in [6, 6.07) is 6.56. The second-order valence-corrected chi connectivity index (χ2v) is 4.83. The zero-order valence-corrected chi connectivity index (χ0v) is 8.61. The predicted molar refractivity (Wildman–Crippen MR) is 57.3 cm³/mol. The highest BCUT2D eigenvalue weighted by Gasteiger charge is 2.27. The molecule has 0 aliphatic carbocycles. The van der Waals surface area contributed by atoms with Gasteiger partial charge >= 0.3 is 0 Å². The second kappa shape index (κ2) is 3.41. The normalized spacial score (nSPS) is 16.9. The Hall–Kier alpha value is -1.80. The second-order valence-electron chi connectivity index (χ2n) is 2.97. The van der Waals surface area contributed by atoms with Crippen LogP contribution in [-0.2, 0) is 10.0 Å². The van der Waals surface area contributed by atoms with E-state index in [1.54, 1.807) is 18.2 Å². The molecule has 76 valence electrons. The van der Waals surface area contributed by atoms with Crippen molar-refractivity contribution in [1.82, 2.24) is 4.31 Å². The highest BCUT2D eigenvalue weighted by molar-refractivity contribution is 7.89. The average Bonchev–Trinajstić information content (AvgIpc) is 2.23. The van der Waals surface area contributed by atoms with Gasteiger partial charge in [-0.25, -0.2) is 17.7 Å². The standard InChI is InChI=1S/C10H8N2O2S/c1-2-7-12-8-11-9-5-3-4-6-10(9)15(12,13)14/h1,3-6,8H,7H2. The first kappa shape index (κ1) is 9.74. The Morgan fingerprint density at radius 1 is 1.40 bits per heavy atom. The van der Waals surface area contributed by atoms with Gasteiger partial charge in [-0.1, -0.05) is 18.1 Å². The largest absolute Gasteiger partial charge is 0.268 e. The zero-order valence-electron chi connectivity index (χ0n) is 7.79. The number of hydrogen-bond donors (Lipinski definition) is 0. The maximum atomic E-state index is 11.9. The predicted octanol–water partition coefficient (Wildman–Crippen LogP) is 0.984. The lowest BCUT2D eigenvalue weighted by Crippen LogP contribution is -2.32. The quantitative estimate of drug-likeness (QED) is 0.662.